The topological polar surface area (TPSA) is 68.2 Å². The molecule has 0 saturated heterocycles. The number of aromatic nitrogens is 1. The van der Waals surface area contributed by atoms with Crippen molar-refractivity contribution in [3.05, 3.63) is 110 Å². The molecule has 1 aromatic heterocycles. The van der Waals surface area contributed by atoms with Gasteiger partial charge in [-0.1, -0.05) is 81.4 Å². The Labute approximate surface area is 232 Å². The average Bonchev–Trinajstić information content (AvgIpc) is 3.17. The molecule has 4 aromatic rings. The summed E-state index contributed by atoms with van der Waals surface area (Å²) < 4.78 is 41.1. The quantitative estimate of drug-likeness (QED) is 0.338. The van der Waals surface area contributed by atoms with Crippen LogP contribution in [0.15, 0.2) is 83.7 Å². The Balaban J connectivity index is 1.75. The second kappa shape index (κ2) is 11.5. The largest absolute Gasteiger partial charge is 0.416 e. The van der Waals surface area contributed by atoms with E-state index in [9.17, 15) is 27.6 Å². The van der Waals surface area contributed by atoms with Crippen molar-refractivity contribution in [2.24, 2.45) is 5.41 Å². The van der Waals surface area contributed by atoms with Gasteiger partial charge < -0.3 is 5.32 Å². The lowest BCUT2D eigenvalue weighted by Gasteiger charge is -2.13. The van der Waals surface area contributed by atoms with E-state index < -0.39 is 35.2 Å². The molecule has 0 aliphatic rings. The second-order valence-corrected chi connectivity index (χ2v) is 11.2. The van der Waals surface area contributed by atoms with Gasteiger partial charge >= 0.3 is 6.18 Å². The Morgan fingerprint density at radius 2 is 1.60 bits per heavy atom. The number of carbonyl (C=O) groups is 2. The van der Waals surface area contributed by atoms with Gasteiger partial charge in [-0.2, -0.15) is 13.2 Å². The van der Waals surface area contributed by atoms with E-state index in [1.54, 1.807) is 32.9 Å². The molecule has 0 aliphatic carbocycles. The van der Waals surface area contributed by atoms with Crippen molar-refractivity contribution in [1.29, 1.82) is 0 Å². The summed E-state index contributed by atoms with van der Waals surface area (Å²) in [7, 11) is 0. The number of para-hydroxylation sites is 1. The first-order chi connectivity index (χ1) is 18.8. The van der Waals surface area contributed by atoms with Crippen molar-refractivity contribution in [1.82, 2.24) is 4.57 Å². The monoisotopic (exact) mass is 564 g/mol. The molecule has 4 rings (SSSR count). The van der Waals surface area contributed by atoms with E-state index in [1.165, 1.54) is 28.9 Å². The number of amides is 1. The Morgan fingerprint density at radius 1 is 0.925 bits per heavy atom. The lowest BCUT2D eigenvalue weighted by Crippen LogP contribution is -2.36. The highest BCUT2D eigenvalue weighted by atomic mass is 32.1. The average molecular weight is 565 g/mol. The van der Waals surface area contributed by atoms with Gasteiger partial charge in [-0.05, 0) is 35.4 Å². The van der Waals surface area contributed by atoms with Gasteiger partial charge in [0.05, 0.1) is 10.1 Å². The van der Waals surface area contributed by atoms with Crippen LogP contribution in [0.1, 0.15) is 31.9 Å². The predicted octanol–water partition coefficient (Wildman–Crippen LogP) is 5.46. The summed E-state index contributed by atoms with van der Waals surface area (Å²) in [6.45, 7) is 4.79. The Hall–Kier alpha value is -4.24. The Morgan fingerprint density at radius 3 is 2.27 bits per heavy atom. The van der Waals surface area contributed by atoms with Gasteiger partial charge in [0.25, 0.3) is 5.56 Å². The van der Waals surface area contributed by atoms with Crippen molar-refractivity contribution in [3.8, 4) is 11.1 Å². The number of thiazole rings is 1. The van der Waals surface area contributed by atoms with Crippen LogP contribution in [-0.2, 0) is 22.3 Å². The summed E-state index contributed by atoms with van der Waals surface area (Å²) in [6, 6.07) is 21.3. The van der Waals surface area contributed by atoms with Crippen LogP contribution in [0.5, 0.6) is 0 Å². The summed E-state index contributed by atoms with van der Waals surface area (Å²) in [6.07, 6.45) is -1.90. The maximum absolute atomic E-state index is 13.4. The molecular weight excluding hydrogens is 537 g/mol. The van der Waals surface area contributed by atoms with E-state index in [-0.39, 0.29) is 20.5 Å². The summed E-state index contributed by atoms with van der Waals surface area (Å²) in [5.74, 6) is -0.755. The van der Waals surface area contributed by atoms with E-state index >= 15 is 0 Å². The van der Waals surface area contributed by atoms with Gasteiger partial charge in [0.15, 0.2) is 5.78 Å². The van der Waals surface area contributed by atoms with E-state index in [0.29, 0.717) is 5.69 Å². The fourth-order valence-electron chi connectivity index (χ4n) is 3.87. The third kappa shape index (κ3) is 6.84. The van der Waals surface area contributed by atoms with E-state index in [1.807, 2.05) is 42.5 Å². The van der Waals surface area contributed by atoms with E-state index in [2.05, 4.69) is 5.32 Å². The number of rotatable bonds is 6. The molecule has 5 nitrogen and oxygen atoms in total. The maximum atomic E-state index is 13.4. The first-order valence-electron chi connectivity index (χ1n) is 12.4. The molecule has 0 radical (unpaired) electrons. The number of carbonyl (C=O) groups excluding carboxylic acids is 2. The molecule has 40 heavy (non-hydrogen) atoms. The van der Waals surface area contributed by atoms with Crippen LogP contribution >= 0.6 is 11.3 Å². The number of anilines is 1. The number of Topliss-reactive ketones (excluding diaryl/α,β-unsaturated/α-hetero) is 1. The van der Waals surface area contributed by atoms with Crippen molar-refractivity contribution in [2.75, 3.05) is 5.32 Å². The van der Waals surface area contributed by atoms with Gasteiger partial charge in [0.2, 0.25) is 5.91 Å². The molecule has 9 heteroatoms. The van der Waals surface area contributed by atoms with Crippen molar-refractivity contribution in [2.45, 2.75) is 33.5 Å². The molecule has 0 atom stereocenters. The molecule has 1 N–H and O–H groups in total. The highest BCUT2D eigenvalue weighted by Crippen LogP contribution is 2.30. The molecule has 1 heterocycles. The Kier molecular flexibility index (Phi) is 8.25. The Bertz CT molecular complexity index is 1730. The zero-order chi connectivity index (χ0) is 29.1. The fraction of sp³-hybridized carbons (Fsp3) is 0.194. The molecule has 0 saturated carbocycles. The number of nitrogens with one attached hydrogen (secondary N) is 1. The lowest BCUT2D eigenvalue weighted by atomic mass is 9.91. The van der Waals surface area contributed by atoms with Crippen LogP contribution in [0, 0.1) is 5.41 Å². The standard InChI is InChI=1S/C31H27F3N2O3S/c1-30(2,3)26(37)18-28-36(29(39)25(40-28)17-20-10-9-13-22(16-20)31(32,33)34)19-27(38)35-24-15-8-7-14-23(24)21-11-5-4-6-12-21/h4-18H,19H2,1-3H3,(H,35,38)/b25-17-,28-18-. The number of hydrogen-bond acceptors (Lipinski definition) is 4. The molecule has 0 aliphatic heterocycles. The first-order valence-corrected chi connectivity index (χ1v) is 13.2. The molecule has 3 aromatic carbocycles. The molecule has 0 unspecified atom stereocenters. The molecular formula is C31H27F3N2O3S. The SMILES string of the molecule is CC(C)(C)C(=O)/C=c1\s/c(=C\c2cccc(C(F)(F)F)c2)c(=O)n1CC(=O)Nc1ccccc1-c1ccccc1. The predicted molar refractivity (Wildman–Crippen MR) is 152 cm³/mol. The highest BCUT2D eigenvalue weighted by molar-refractivity contribution is 7.07. The third-order valence-electron chi connectivity index (χ3n) is 6.03. The van der Waals surface area contributed by atoms with E-state index in [4.69, 9.17) is 0 Å². The van der Waals surface area contributed by atoms with Gasteiger partial charge in [-0.15, -0.1) is 11.3 Å². The molecule has 1 amide bonds. The molecule has 206 valence electrons. The number of alkyl halides is 3. The second-order valence-electron chi connectivity index (χ2n) is 10.2. The minimum Gasteiger partial charge on any atom is -0.324 e. The van der Waals surface area contributed by atoms with Crippen LogP contribution in [0.3, 0.4) is 0 Å². The fourth-order valence-corrected chi connectivity index (χ4v) is 4.91. The summed E-state index contributed by atoms with van der Waals surface area (Å²) in [5, 5.41) is 2.85. The van der Waals surface area contributed by atoms with Crippen LogP contribution in [0.4, 0.5) is 18.9 Å². The summed E-state index contributed by atoms with van der Waals surface area (Å²) in [5.41, 5.74) is 0.249. The summed E-state index contributed by atoms with van der Waals surface area (Å²) in [4.78, 5) is 39.4. The maximum Gasteiger partial charge on any atom is 0.416 e. The minimum atomic E-state index is -4.54. The summed E-state index contributed by atoms with van der Waals surface area (Å²) >= 11 is 0.944. The number of benzene rings is 3. The normalized spacial score (nSPS) is 12.9. The molecule has 0 spiro atoms. The van der Waals surface area contributed by atoms with Gasteiger partial charge in [-0.25, -0.2) is 0 Å². The number of halogens is 3. The van der Waals surface area contributed by atoms with Crippen molar-refractivity contribution < 1.29 is 22.8 Å². The minimum absolute atomic E-state index is 0.102. The van der Waals surface area contributed by atoms with Gasteiger partial charge in [0.1, 0.15) is 11.2 Å². The number of ketones is 1. The van der Waals surface area contributed by atoms with Crippen LogP contribution < -0.4 is 20.1 Å². The van der Waals surface area contributed by atoms with Crippen molar-refractivity contribution >= 4 is 40.9 Å². The van der Waals surface area contributed by atoms with Crippen molar-refractivity contribution in [3.63, 3.8) is 0 Å². The number of nitrogens with zero attached hydrogens (tertiary/aromatic N) is 1. The highest BCUT2D eigenvalue weighted by Gasteiger charge is 2.30. The molecule has 0 fully saturated rings. The van der Waals surface area contributed by atoms with Crippen LogP contribution in [0.25, 0.3) is 23.3 Å². The van der Waals surface area contributed by atoms with Crippen LogP contribution in [0.2, 0.25) is 0 Å². The number of hydrogen-bond donors (Lipinski definition) is 1. The zero-order valence-corrected chi connectivity index (χ0v) is 22.9. The van der Waals surface area contributed by atoms with E-state index in [0.717, 1.165) is 34.6 Å². The third-order valence-corrected chi connectivity index (χ3v) is 7.09. The van der Waals surface area contributed by atoms with Crippen LogP contribution in [-0.4, -0.2) is 16.3 Å². The van der Waals surface area contributed by atoms with Gasteiger partial charge in [-0.3, -0.25) is 19.0 Å². The lowest BCUT2D eigenvalue weighted by molar-refractivity contribution is -0.137. The van der Waals surface area contributed by atoms with Gasteiger partial charge in [0, 0.05) is 22.7 Å². The zero-order valence-electron chi connectivity index (χ0n) is 22.1. The smallest absolute Gasteiger partial charge is 0.324 e. The first kappa shape index (κ1) is 28.8. The molecule has 0 bridgehead atoms.